The molecule has 0 spiro atoms. The molecule has 0 radical (unpaired) electrons. The number of benzene rings is 1. The van der Waals surface area contributed by atoms with Crippen LogP contribution in [0.4, 0.5) is 11.4 Å². The van der Waals surface area contributed by atoms with Gasteiger partial charge in [0.1, 0.15) is 4.90 Å². The largest absolute Gasteiger partial charge is 0.387 e. The van der Waals surface area contributed by atoms with Crippen LogP contribution in [-0.2, 0) is 10.0 Å². The number of nitrogens with one attached hydrogen (secondary N) is 1. The van der Waals surface area contributed by atoms with E-state index in [0.717, 1.165) is 0 Å². The molecule has 0 saturated carbocycles. The first kappa shape index (κ1) is 16.4. The summed E-state index contributed by atoms with van der Waals surface area (Å²) in [5, 5.41) is 13.4. The van der Waals surface area contributed by atoms with Crippen molar-refractivity contribution in [3.05, 3.63) is 28.3 Å². The molecular weight excluding hydrogens is 282 g/mol. The Morgan fingerprint density at radius 2 is 2.00 bits per heavy atom. The van der Waals surface area contributed by atoms with Crippen LogP contribution in [0, 0.1) is 16.0 Å². The third kappa shape index (κ3) is 3.45. The lowest BCUT2D eigenvalue weighted by Crippen LogP contribution is -2.30. The quantitative estimate of drug-likeness (QED) is 0.640. The minimum atomic E-state index is -3.67. The fourth-order valence-corrected chi connectivity index (χ4v) is 3.34. The number of nitro groups is 1. The summed E-state index contributed by atoms with van der Waals surface area (Å²) in [6, 6.07) is 3.67. The second kappa shape index (κ2) is 6.19. The first-order chi connectivity index (χ1) is 9.20. The predicted octanol–water partition coefficient (Wildman–Crippen LogP) is 1.91. The zero-order valence-electron chi connectivity index (χ0n) is 12.0. The van der Waals surface area contributed by atoms with Gasteiger partial charge in [0.25, 0.3) is 5.69 Å². The summed E-state index contributed by atoms with van der Waals surface area (Å²) < 4.78 is 26.1. The zero-order valence-corrected chi connectivity index (χ0v) is 12.8. The molecule has 0 heterocycles. The summed E-state index contributed by atoms with van der Waals surface area (Å²) in [4.78, 5) is 10.2. The van der Waals surface area contributed by atoms with Crippen molar-refractivity contribution in [2.24, 2.45) is 5.92 Å². The monoisotopic (exact) mass is 301 g/mol. The minimum Gasteiger partial charge on any atom is -0.387 e. The Hall–Kier alpha value is -1.67. The molecule has 7 nitrogen and oxygen atoms in total. The van der Waals surface area contributed by atoms with Gasteiger partial charge in [-0.05, 0) is 12.0 Å². The Labute approximate surface area is 118 Å². The standard InChI is InChI=1S/C12H19N3O4S/c1-9(2)8-14(4)20(18,19)12-6-5-10(15(16)17)7-11(12)13-3/h5-7,9,13H,8H2,1-4H3. The second-order valence-corrected chi connectivity index (χ2v) is 6.88. The Balaban J connectivity index is 3.28. The maximum Gasteiger partial charge on any atom is 0.271 e. The number of nitrogens with zero attached hydrogens (tertiary/aromatic N) is 2. The Bertz CT molecular complexity index is 599. The summed E-state index contributed by atoms with van der Waals surface area (Å²) in [5.74, 6) is 0.186. The molecule has 1 aromatic rings. The molecule has 0 bridgehead atoms. The molecule has 0 amide bonds. The highest BCUT2D eigenvalue weighted by atomic mass is 32.2. The third-order valence-corrected chi connectivity index (χ3v) is 4.64. The van der Waals surface area contributed by atoms with Gasteiger partial charge in [-0.2, -0.15) is 0 Å². The molecule has 112 valence electrons. The van der Waals surface area contributed by atoms with E-state index < -0.39 is 14.9 Å². The molecule has 0 unspecified atom stereocenters. The molecule has 0 aliphatic carbocycles. The van der Waals surface area contributed by atoms with Gasteiger partial charge >= 0.3 is 0 Å². The molecule has 0 aliphatic rings. The van der Waals surface area contributed by atoms with Crippen LogP contribution in [0.5, 0.6) is 0 Å². The Kier molecular flexibility index (Phi) is 5.07. The number of hydrogen-bond donors (Lipinski definition) is 1. The lowest BCUT2D eigenvalue weighted by molar-refractivity contribution is -0.384. The number of anilines is 1. The van der Waals surface area contributed by atoms with Gasteiger partial charge in [0, 0.05) is 32.8 Å². The smallest absolute Gasteiger partial charge is 0.271 e. The normalized spacial score (nSPS) is 11.9. The first-order valence-corrected chi connectivity index (χ1v) is 7.56. The van der Waals surface area contributed by atoms with Crippen LogP contribution in [0.15, 0.2) is 23.1 Å². The van der Waals surface area contributed by atoms with E-state index in [2.05, 4.69) is 5.32 Å². The number of sulfonamides is 1. The van der Waals surface area contributed by atoms with E-state index in [-0.39, 0.29) is 22.2 Å². The van der Waals surface area contributed by atoms with Crippen molar-refractivity contribution in [2.75, 3.05) is 26.0 Å². The number of rotatable bonds is 6. The predicted molar refractivity (Wildman–Crippen MR) is 77.3 cm³/mol. The molecule has 0 aromatic heterocycles. The van der Waals surface area contributed by atoms with E-state index in [1.807, 2.05) is 13.8 Å². The van der Waals surface area contributed by atoms with Crippen LogP contribution in [0.1, 0.15) is 13.8 Å². The molecule has 1 rings (SSSR count). The molecule has 0 fully saturated rings. The third-order valence-electron chi connectivity index (χ3n) is 2.75. The topological polar surface area (TPSA) is 92.5 Å². The molecule has 8 heteroatoms. The summed E-state index contributed by atoms with van der Waals surface area (Å²) >= 11 is 0. The lowest BCUT2D eigenvalue weighted by atomic mass is 10.2. The zero-order chi connectivity index (χ0) is 15.5. The maximum absolute atomic E-state index is 12.4. The van der Waals surface area contributed by atoms with Gasteiger partial charge in [-0.15, -0.1) is 0 Å². The summed E-state index contributed by atoms with van der Waals surface area (Å²) in [6.07, 6.45) is 0. The van der Waals surface area contributed by atoms with E-state index in [0.29, 0.717) is 6.54 Å². The molecule has 0 atom stereocenters. The van der Waals surface area contributed by atoms with E-state index in [4.69, 9.17) is 0 Å². The highest BCUT2D eigenvalue weighted by Gasteiger charge is 2.25. The summed E-state index contributed by atoms with van der Waals surface area (Å²) in [5.41, 5.74) is 0.0645. The highest BCUT2D eigenvalue weighted by molar-refractivity contribution is 7.89. The van der Waals surface area contributed by atoms with Crippen LogP contribution >= 0.6 is 0 Å². The highest BCUT2D eigenvalue weighted by Crippen LogP contribution is 2.28. The van der Waals surface area contributed by atoms with Crippen molar-refractivity contribution < 1.29 is 13.3 Å². The van der Waals surface area contributed by atoms with Crippen molar-refractivity contribution in [1.82, 2.24) is 4.31 Å². The van der Waals surface area contributed by atoms with Gasteiger partial charge in [-0.3, -0.25) is 10.1 Å². The summed E-state index contributed by atoms with van der Waals surface area (Å²) in [6.45, 7) is 4.21. The van der Waals surface area contributed by atoms with Crippen molar-refractivity contribution in [3.8, 4) is 0 Å². The molecule has 20 heavy (non-hydrogen) atoms. The van der Waals surface area contributed by atoms with Crippen molar-refractivity contribution in [2.45, 2.75) is 18.7 Å². The molecule has 1 aromatic carbocycles. The van der Waals surface area contributed by atoms with Gasteiger partial charge in [-0.25, -0.2) is 12.7 Å². The van der Waals surface area contributed by atoms with E-state index in [1.165, 1.54) is 36.6 Å². The van der Waals surface area contributed by atoms with E-state index in [9.17, 15) is 18.5 Å². The van der Waals surface area contributed by atoms with Crippen LogP contribution in [0.25, 0.3) is 0 Å². The van der Waals surface area contributed by atoms with Gasteiger partial charge in [-0.1, -0.05) is 13.8 Å². The van der Waals surface area contributed by atoms with Gasteiger partial charge in [0.15, 0.2) is 0 Å². The van der Waals surface area contributed by atoms with Crippen LogP contribution < -0.4 is 5.32 Å². The molecule has 0 aliphatic heterocycles. The van der Waals surface area contributed by atoms with Gasteiger partial charge in [0.05, 0.1) is 10.6 Å². The molecule has 1 N–H and O–H groups in total. The van der Waals surface area contributed by atoms with E-state index in [1.54, 1.807) is 0 Å². The van der Waals surface area contributed by atoms with Gasteiger partial charge in [0.2, 0.25) is 10.0 Å². The minimum absolute atomic E-state index is 0.0359. The van der Waals surface area contributed by atoms with Gasteiger partial charge < -0.3 is 5.32 Å². The Morgan fingerprint density at radius 3 is 2.45 bits per heavy atom. The fraction of sp³-hybridized carbons (Fsp3) is 0.500. The lowest BCUT2D eigenvalue weighted by Gasteiger charge is -2.20. The summed E-state index contributed by atoms with van der Waals surface area (Å²) in [7, 11) is -0.647. The Morgan fingerprint density at radius 1 is 1.40 bits per heavy atom. The number of hydrogen-bond acceptors (Lipinski definition) is 5. The molecular formula is C12H19N3O4S. The van der Waals surface area contributed by atoms with Crippen molar-refractivity contribution in [1.29, 1.82) is 0 Å². The average Bonchev–Trinajstić information content (AvgIpc) is 2.36. The van der Waals surface area contributed by atoms with Crippen LogP contribution in [-0.4, -0.2) is 38.3 Å². The van der Waals surface area contributed by atoms with E-state index >= 15 is 0 Å². The maximum atomic E-state index is 12.4. The van der Waals surface area contributed by atoms with Crippen LogP contribution in [0.2, 0.25) is 0 Å². The molecule has 0 saturated heterocycles. The first-order valence-electron chi connectivity index (χ1n) is 6.12. The number of nitro benzene ring substituents is 1. The fourth-order valence-electron chi connectivity index (χ4n) is 1.83. The average molecular weight is 301 g/mol. The van der Waals surface area contributed by atoms with Crippen LogP contribution in [0.3, 0.4) is 0 Å². The second-order valence-electron chi connectivity index (χ2n) is 4.87. The van der Waals surface area contributed by atoms with Crippen molar-refractivity contribution >= 4 is 21.4 Å². The number of non-ortho nitro benzene ring substituents is 1. The van der Waals surface area contributed by atoms with Crippen molar-refractivity contribution in [3.63, 3.8) is 0 Å². The SMILES string of the molecule is CNc1cc([N+](=O)[O-])ccc1S(=O)(=O)N(C)CC(C)C.